The molecule has 0 atom stereocenters. The standard InChI is InChI=1S/C42H24S2/c1-2-12-27-25(10-1)11-9-18-30(27)40-33-16-5-3-14-31(33)39(32-15-4-6-17-34(32)40)26-20-21-29-36-23-22-35-28-13-7-8-19-37(28)43-41(35)42(36)44-38(29)24-26/h1-24H. The molecule has 8 aromatic carbocycles. The first-order valence-electron chi connectivity index (χ1n) is 15.0. The molecular weight excluding hydrogens is 569 g/mol. The Morgan fingerprint density at radius 1 is 0.318 bits per heavy atom. The Morgan fingerprint density at radius 2 is 0.818 bits per heavy atom. The van der Waals surface area contributed by atoms with Gasteiger partial charge in [-0.3, -0.25) is 0 Å². The SMILES string of the molecule is c1ccc2c(-c3c4ccccc4c(-c4ccc5c(c4)sc4c5ccc5c6ccccc6sc54)c4ccccc34)cccc2c1. The summed E-state index contributed by atoms with van der Waals surface area (Å²) in [5.41, 5.74) is 5.18. The number of thiophene rings is 2. The average Bonchev–Trinajstić information content (AvgIpc) is 3.65. The van der Waals surface area contributed by atoms with Gasteiger partial charge in [-0.05, 0) is 66.7 Å². The van der Waals surface area contributed by atoms with E-state index in [4.69, 9.17) is 0 Å². The zero-order chi connectivity index (χ0) is 28.8. The summed E-state index contributed by atoms with van der Waals surface area (Å²) in [7, 11) is 0. The van der Waals surface area contributed by atoms with E-state index in [2.05, 4.69) is 146 Å². The minimum atomic E-state index is 1.27. The van der Waals surface area contributed by atoms with Crippen LogP contribution in [0.5, 0.6) is 0 Å². The molecule has 0 nitrogen and oxygen atoms in total. The summed E-state index contributed by atoms with van der Waals surface area (Å²) in [6.07, 6.45) is 0. The van der Waals surface area contributed by atoms with Crippen LogP contribution in [0, 0.1) is 0 Å². The van der Waals surface area contributed by atoms with Crippen LogP contribution in [-0.2, 0) is 0 Å². The van der Waals surface area contributed by atoms with Crippen molar-refractivity contribution in [3.63, 3.8) is 0 Å². The Morgan fingerprint density at radius 3 is 1.52 bits per heavy atom. The van der Waals surface area contributed by atoms with Crippen molar-refractivity contribution in [1.82, 2.24) is 0 Å². The smallest absolute Gasteiger partial charge is 0.0534 e. The van der Waals surface area contributed by atoms with Crippen molar-refractivity contribution in [3.8, 4) is 22.3 Å². The van der Waals surface area contributed by atoms with Crippen molar-refractivity contribution < 1.29 is 0 Å². The molecule has 2 heterocycles. The van der Waals surface area contributed by atoms with Crippen LogP contribution in [0.15, 0.2) is 146 Å². The summed E-state index contributed by atoms with van der Waals surface area (Å²) >= 11 is 3.86. The molecule has 0 aliphatic heterocycles. The molecule has 0 saturated carbocycles. The van der Waals surface area contributed by atoms with Gasteiger partial charge in [-0.25, -0.2) is 0 Å². The normalized spacial score (nSPS) is 12.1. The van der Waals surface area contributed by atoms with E-state index in [0.717, 1.165) is 0 Å². The predicted octanol–water partition coefficient (Wildman–Crippen LogP) is 13.2. The van der Waals surface area contributed by atoms with Gasteiger partial charge in [0.1, 0.15) is 0 Å². The van der Waals surface area contributed by atoms with Crippen LogP contribution in [0.25, 0.3) is 94.9 Å². The van der Waals surface area contributed by atoms with E-state index in [1.807, 2.05) is 22.7 Å². The fourth-order valence-corrected chi connectivity index (χ4v) is 9.92. The Balaban J connectivity index is 1.28. The van der Waals surface area contributed by atoms with Crippen LogP contribution in [0.3, 0.4) is 0 Å². The maximum Gasteiger partial charge on any atom is 0.0534 e. The highest BCUT2D eigenvalue weighted by atomic mass is 32.1. The van der Waals surface area contributed by atoms with Gasteiger partial charge < -0.3 is 0 Å². The maximum absolute atomic E-state index is 2.44. The van der Waals surface area contributed by atoms with Gasteiger partial charge in [-0.2, -0.15) is 0 Å². The van der Waals surface area contributed by atoms with Gasteiger partial charge in [0, 0.05) is 30.9 Å². The molecule has 10 aromatic rings. The second-order valence-corrected chi connectivity index (χ2v) is 13.7. The zero-order valence-electron chi connectivity index (χ0n) is 23.7. The second-order valence-electron chi connectivity index (χ2n) is 11.6. The van der Waals surface area contributed by atoms with Gasteiger partial charge in [0.15, 0.2) is 0 Å². The lowest BCUT2D eigenvalue weighted by Gasteiger charge is -2.18. The molecule has 0 N–H and O–H groups in total. The van der Waals surface area contributed by atoms with Crippen molar-refractivity contribution in [1.29, 1.82) is 0 Å². The third kappa shape index (κ3) is 3.38. The molecular formula is C42H24S2. The monoisotopic (exact) mass is 592 g/mol. The van der Waals surface area contributed by atoms with Crippen molar-refractivity contribution in [2.75, 3.05) is 0 Å². The minimum absolute atomic E-state index is 1.27. The van der Waals surface area contributed by atoms with E-state index in [-0.39, 0.29) is 0 Å². The number of fused-ring (bicyclic) bond motifs is 10. The lowest BCUT2D eigenvalue weighted by molar-refractivity contribution is 1.69. The van der Waals surface area contributed by atoms with Crippen LogP contribution in [-0.4, -0.2) is 0 Å². The van der Waals surface area contributed by atoms with E-state index in [1.54, 1.807) is 0 Å². The van der Waals surface area contributed by atoms with Gasteiger partial charge in [-0.15, -0.1) is 22.7 Å². The van der Waals surface area contributed by atoms with Crippen molar-refractivity contribution in [2.24, 2.45) is 0 Å². The molecule has 0 saturated heterocycles. The zero-order valence-corrected chi connectivity index (χ0v) is 25.3. The quantitative estimate of drug-likeness (QED) is 0.175. The molecule has 0 bridgehead atoms. The fraction of sp³-hybridized carbons (Fsp3) is 0. The number of hydrogen-bond acceptors (Lipinski definition) is 2. The molecule has 0 amide bonds. The highest BCUT2D eigenvalue weighted by molar-refractivity contribution is 7.33. The molecule has 0 radical (unpaired) electrons. The summed E-state index contributed by atoms with van der Waals surface area (Å²) in [6.45, 7) is 0. The van der Waals surface area contributed by atoms with Crippen molar-refractivity contribution >= 4 is 95.3 Å². The molecule has 0 fully saturated rings. The van der Waals surface area contributed by atoms with Crippen LogP contribution < -0.4 is 0 Å². The molecule has 2 aromatic heterocycles. The van der Waals surface area contributed by atoms with Crippen molar-refractivity contribution in [2.45, 2.75) is 0 Å². The molecule has 0 aliphatic rings. The predicted molar refractivity (Wildman–Crippen MR) is 196 cm³/mol. The third-order valence-electron chi connectivity index (χ3n) is 9.26. The Kier molecular flexibility index (Phi) is 5.13. The first-order valence-corrected chi connectivity index (χ1v) is 16.7. The van der Waals surface area contributed by atoms with Gasteiger partial charge in [0.25, 0.3) is 0 Å². The molecule has 204 valence electrons. The summed E-state index contributed by atoms with van der Waals surface area (Å²) in [5, 5.41) is 13.2. The first-order chi connectivity index (χ1) is 21.8. The van der Waals surface area contributed by atoms with Gasteiger partial charge in [-0.1, -0.05) is 133 Å². The van der Waals surface area contributed by atoms with Crippen molar-refractivity contribution in [3.05, 3.63) is 146 Å². The number of hydrogen-bond donors (Lipinski definition) is 0. The molecule has 2 heteroatoms. The largest absolute Gasteiger partial charge is 0.134 e. The van der Waals surface area contributed by atoms with Gasteiger partial charge >= 0.3 is 0 Å². The molecule has 0 spiro atoms. The van der Waals surface area contributed by atoms with E-state index >= 15 is 0 Å². The van der Waals surface area contributed by atoms with E-state index in [1.165, 1.54) is 94.9 Å². The average molecular weight is 593 g/mol. The Hall–Kier alpha value is -5.02. The maximum atomic E-state index is 2.44. The topological polar surface area (TPSA) is 0 Å². The third-order valence-corrected chi connectivity index (χ3v) is 11.8. The Bertz CT molecular complexity index is 2710. The summed E-state index contributed by atoms with van der Waals surface area (Å²) in [5.74, 6) is 0. The van der Waals surface area contributed by atoms with Crippen LogP contribution in [0.2, 0.25) is 0 Å². The lowest BCUT2D eigenvalue weighted by atomic mass is 9.84. The number of rotatable bonds is 2. The Labute approximate surface area is 262 Å². The molecule has 10 rings (SSSR count). The second kappa shape index (κ2) is 9.24. The summed E-state index contributed by atoms with van der Waals surface area (Å²) in [4.78, 5) is 0. The molecule has 0 unspecified atom stereocenters. The van der Waals surface area contributed by atoms with Gasteiger partial charge in [0.2, 0.25) is 0 Å². The van der Waals surface area contributed by atoms with E-state index in [0.29, 0.717) is 0 Å². The summed E-state index contributed by atoms with van der Waals surface area (Å²) < 4.78 is 5.50. The number of benzene rings is 8. The van der Waals surface area contributed by atoms with E-state index < -0.39 is 0 Å². The first kappa shape index (κ1) is 24.4. The van der Waals surface area contributed by atoms with Crippen LogP contribution in [0.4, 0.5) is 0 Å². The minimum Gasteiger partial charge on any atom is -0.134 e. The summed E-state index contributed by atoms with van der Waals surface area (Å²) in [6, 6.07) is 54.0. The molecule has 0 aliphatic carbocycles. The molecule has 44 heavy (non-hydrogen) atoms. The lowest BCUT2D eigenvalue weighted by Crippen LogP contribution is -1.91. The van der Waals surface area contributed by atoms with Gasteiger partial charge in [0.05, 0.1) is 9.40 Å². The highest BCUT2D eigenvalue weighted by Crippen LogP contribution is 2.48. The van der Waals surface area contributed by atoms with Crippen LogP contribution >= 0.6 is 22.7 Å². The fourth-order valence-electron chi connectivity index (χ4n) is 7.35. The highest BCUT2D eigenvalue weighted by Gasteiger charge is 2.19. The van der Waals surface area contributed by atoms with E-state index in [9.17, 15) is 0 Å². The van der Waals surface area contributed by atoms with Crippen LogP contribution in [0.1, 0.15) is 0 Å².